The molecule has 0 radical (unpaired) electrons. The first-order valence-corrected chi connectivity index (χ1v) is 10.4. The van der Waals surface area contributed by atoms with E-state index in [1.807, 2.05) is 30.3 Å². The standard InChI is InChI=1S/C24H21ClF2N2O3/c1-15(19-8-10-21(25)29-23(19)32-12-16-5-3-2-4-6-16)28-22(30)17-7-9-20-18(11-17)13-31-14-24(20,26)27/h2-11,15H,12-14H2,1H3,(H,28,30)/t15-/m0/s1. The number of carbonyl (C=O) groups excluding carboxylic acids is 1. The van der Waals surface area contributed by atoms with Gasteiger partial charge in [-0.3, -0.25) is 4.79 Å². The van der Waals surface area contributed by atoms with Crippen molar-refractivity contribution in [1.29, 1.82) is 0 Å². The van der Waals surface area contributed by atoms with Gasteiger partial charge < -0.3 is 14.8 Å². The van der Waals surface area contributed by atoms with Crippen molar-refractivity contribution in [2.75, 3.05) is 6.61 Å². The third kappa shape index (κ3) is 4.89. The van der Waals surface area contributed by atoms with E-state index >= 15 is 0 Å². The number of benzene rings is 2. The summed E-state index contributed by atoms with van der Waals surface area (Å²) >= 11 is 6.04. The van der Waals surface area contributed by atoms with Crippen molar-refractivity contribution in [2.24, 2.45) is 0 Å². The highest BCUT2D eigenvalue weighted by Gasteiger charge is 2.37. The Balaban J connectivity index is 1.50. The van der Waals surface area contributed by atoms with Gasteiger partial charge in [0, 0.05) is 16.7 Å². The molecule has 4 rings (SSSR count). The molecule has 0 aliphatic carbocycles. The molecule has 166 valence electrons. The predicted molar refractivity (Wildman–Crippen MR) is 116 cm³/mol. The fourth-order valence-corrected chi connectivity index (χ4v) is 3.68. The fraction of sp³-hybridized carbons (Fsp3) is 0.250. The molecule has 0 unspecified atom stereocenters. The van der Waals surface area contributed by atoms with Crippen molar-refractivity contribution in [2.45, 2.75) is 32.1 Å². The average Bonchev–Trinajstić information content (AvgIpc) is 2.78. The van der Waals surface area contributed by atoms with E-state index < -0.39 is 24.5 Å². The second-order valence-electron chi connectivity index (χ2n) is 7.57. The van der Waals surface area contributed by atoms with Crippen LogP contribution in [0.25, 0.3) is 0 Å². The normalized spacial score (nSPS) is 15.5. The van der Waals surface area contributed by atoms with Crippen LogP contribution in [0, 0.1) is 0 Å². The molecule has 0 saturated heterocycles. The number of hydrogen-bond donors (Lipinski definition) is 1. The summed E-state index contributed by atoms with van der Waals surface area (Å²) in [5.74, 6) is -3.15. The van der Waals surface area contributed by atoms with Crippen LogP contribution in [0.2, 0.25) is 5.15 Å². The Bertz CT molecular complexity index is 1130. The summed E-state index contributed by atoms with van der Waals surface area (Å²) in [7, 11) is 0. The number of hydrogen-bond acceptors (Lipinski definition) is 4. The Kier molecular flexibility index (Phi) is 6.39. The molecular weight excluding hydrogens is 438 g/mol. The number of aromatic nitrogens is 1. The number of nitrogens with one attached hydrogen (secondary N) is 1. The zero-order valence-electron chi connectivity index (χ0n) is 17.3. The minimum atomic E-state index is -3.06. The summed E-state index contributed by atoms with van der Waals surface area (Å²) < 4.78 is 38.8. The van der Waals surface area contributed by atoms with Gasteiger partial charge in [0.15, 0.2) is 0 Å². The number of rotatable bonds is 6. The lowest BCUT2D eigenvalue weighted by Crippen LogP contribution is -2.30. The fourth-order valence-electron chi connectivity index (χ4n) is 3.54. The van der Waals surface area contributed by atoms with Crippen LogP contribution < -0.4 is 10.1 Å². The average molecular weight is 459 g/mol. The molecule has 5 nitrogen and oxygen atoms in total. The number of pyridine rings is 1. The first kappa shape index (κ1) is 22.2. The lowest BCUT2D eigenvalue weighted by atomic mass is 9.97. The molecule has 1 aliphatic rings. The van der Waals surface area contributed by atoms with Gasteiger partial charge in [-0.25, -0.2) is 4.98 Å². The molecule has 1 atom stereocenters. The van der Waals surface area contributed by atoms with E-state index in [1.165, 1.54) is 18.2 Å². The molecule has 1 aliphatic heterocycles. The van der Waals surface area contributed by atoms with Crippen LogP contribution in [0.15, 0.2) is 60.7 Å². The van der Waals surface area contributed by atoms with E-state index in [0.717, 1.165) is 5.56 Å². The van der Waals surface area contributed by atoms with E-state index in [0.29, 0.717) is 23.6 Å². The van der Waals surface area contributed by atoms with Crippen LogP contribution in [-0.2, 0) is 23.9 Å². The van der Waals surface area contributed by atoms with Crippen molar-refractivity contribution < 1.29 is 23.0 Å². The monoisotopic (exact) mass is 458 g/mol. The highest BCUT2D eigenvalue weighted by atomic mass is 35.5. The maximum absolute atomic E-state index is 14.0. The summed E-state index contributed by atoms with van der Waals surface area (Å²) in [6, 6.07) is 16.6. The van der Waals surface area contributed by atoms with Gasteiger partial charge in [-0.15, -0.1) is 0 Å². The maximum atomic E-state index is 14.0. The zero-order valence-corrected chi connectivity index (χ0v) is 18.0. The smallest absolute Gasteiger partial charge is 0.296 e. The lowest BCUT2D eigenvalue weighted by Gasteiger charge is -2.25. The van der Waals surface area contributed by atoms with Crippen LogP contribution in [0.3, 0.4) is 0 Å². The van der Waals surface area contributed by atoms with Gasteiger partial charge >= 0.3 is 0 Å². The molecular formula is C24H21ClF2N2O3. The van der Waals surface area contributed by atoms with Gasteiger partial charge in [0.05, 0.1) is 12.6 Å². The molecule has 0 fully saturated rings. The Morgan fingerprint density at radius 3 is 2.78 bits per heavy atom. The third-order valence-corrected chi connectivity index (χ3v) is 5.40. The van der Waals surface area contributed by atoms with Crippen LogP contribution in [0.5, 0.6) is 5.88 Å². The van der Waals surface area contributed by atoms with Crippen molar-refractivity contribution >= 4 is 17.5 Å². The third-order valence-electron chi connectivity index (χ3n) is 5.19. The minimum absolute atomic E-state index is 0.0418. The second-order valence-corrected chi connectivity index (χ2v) is 7.95. The van der Waals surface area contributed by atoms with Crippen LogP contribution in [0.4, 0.5) is 8.78 Å². The van der Waals surface area contributed by atoms with Crippen molar-refractivity contribution in [3.05, 3.63) is 93.6 Å². The molecule has 32 heavy (non-hydrogen) atoms. The Hall–Kier alpha value is -3.03. The number of carbonyl (C=O) groups is 1. The number of ether oxygens (including phenoxy) is 2. The number of amides is 1. The Morgan fingerprint density at radius 1 is 1.22 bits per heavy atom. The molecule has 2 aromatic carbocycles. The van der Waals surface area contributed by atoms with Gasteiger partial charge in [-0.1, -0.05) is 48.0 Å². The van der Waals surface area contributed by atoms with Crippen LogP contribution >= 0.6 is 11.6 Å². The first-order chi connectivity index (χ1) is 15.3. The quantitative estimate of drug-likeness (QED) is 0.500. The molecule has 2 heterocycles. The number of halogens is 3. The van der Waals surface area contributed by atoms with Crippen molar-refractivity contribution in [3.63, 3.8) is 0 Å². The van der Waals surface area contributed by atoms with Crippen LogP contribution in [-0.4, -0.2) is 17.5 Å². The summed E-state index contributed by atoms with van der Waals surface area (Å²) in [5, 5.41) is 3.14. The molecule has 3 aromatic rings. The zero-order chi connectivity index (χ0) is 22.7. The molecule has 1 amide bonds. The Labute approximate surface area is 189 Å². The van der Waals surface area contributed by atoms with Gasteiger partial charge in [-0.2, -0.15) is 8.78 Å². The lowest BCUT2D eigenvalue weighted by molar-refractivity contribution is -0.103. The summed E-state index contributed by atoms with van der Waals surface area (Å²) in [5.41, 5.74) is 2.08. The largest absolute Gasteiger partial charge is 0.473 e. The summed E-state index contributed by atoms with van der Waals surface area (Å²) in [6.07, 6.45) is 0. The summed E-state index contributed by atoms with van der Waals surface area (Å²) in [6.45, 7) is 1.47. The van der Waals surface area contributed by atoms with Gasteiger partial charge in [0.2, 0.25) is 5.88 Å². The van der Waals surface area contributed by atoms with Gasteiger partial charge in [-0.05, 0) is 42.3 Å². The molecule has 1 aromatic heterocycles. The minimum Gasteiger partial charge on any atom is -0.473 e. The topological polar surface area (TPSA) is 60.5 Å². The van der Waals surface area contributed by atoms with E-state index in [2.05, 4.69) is 10.3 Å². The molecule has 0 saturated carbocycles. The first-order valence-electron chi connectivity index (χ1n) is 10.1. The van der Waals surface area contributed by atoms with E-state index in [4.69, 9.17) is 21.1 Å². The molecule has 8 heteroatoms. The SMILES string of the molecule is C[C@H](NC(=O)c1ccc2c(c1)COCC2(F)F)c1ccc(Cl)nc1OCc1ccccc1. The van der Waals surface area contributed by atoms with E-state index in [-0.39, 0.29) is 22.9 Å². The molecule has 1 N–H and O–H groups in total. The second kappa shape index (κ2) is 9.22. The molecule has 0 spiro atoms. The van der Waals surface area contributed by atoms with Gasteiger partial charge in [0.1, 0.15) is 18.4 Å². The highest BCUT2D eigenvalue weighted by Crippen LogP contribution is 2.35. The predicted octanol–water partition coefficient (Wildman–Crippen LogP) is 5.43. The molecule has 0 bridgehead atoms. The van der Waals surface area contributed by atoms with Crippen molar-refractivity contribution in [3.8, 4) is 5.88 Å². The number of alkyl halides is 2. The van der Waals surface area contributed by atoms with Crippen molar-refractivity contribution in [1.82, 2.24) is 10.3 Å². The van der Waals surface area contributed by atoms with E-state index in [1.54, 1.807) is 19.1 Å². The van der Waals surface area contributed by atoms with E-state index in [9.17, 15) is 13.6 Å². The van der Waals surface area contributed by atoms with Crippen LogP contribution in [0.1, 0.15) is 45.6 Å². The Morgan fingerprint density at radius 2 is 2.00 bits per heavy atom. The van der Waals surface area contributed by atoms with Gasteiger partial charge in [0.25, 0.3) is 11.8 Å². The number of fused-ring (bicyclic) bond motifs is 1. The number of nitrogens with zero attached hydrogens (tertiary/aromatic N) is 1. The maximum Gasteiger partial charge on any atom is 0.296 e. The summed E-state index contributed by atoms with van der Waals surface area (Å²) in [4.78, 5) is 17.1. The highest BCUT2D eigenvalue weighted by molar-refractivity contribution is 6.29.